The molecular weight excluding hydrogens is 462 g/mol. The predicted octanol–water partition coefficient (Wildman–Crippen LogP) is 5.11. The second kappa shape index (κ2) is 13.2. The largest absolute Gasteiger partial charge is 0.337 e. The molecule has 202 valence electrons. The van der Waals surface area contributed by atoms with Crippen LogP contribution in [0.15, 0.2) is 42.7 Å². The van der Waals surface area contributed by atoms with E-state index >= 15 is 0 Å². The Morgan fingerprint density at radius 1 is 1.03 bits per heavy atom. The summed E-state index contributed by atoms with van der Waals surface area (Å²) in [4.78, 5) is 33.6. The van der Waals surface area contributed by atoms with Crippen LogP contribution in [-0.2, 0) is 22.7 Å². The second-order valence-corrected chi connectivity index (χ2v) is 11.1. The number of hydrogen-bond acceptors (Lipinski definition) is 4. The number of amides is 2. The summed E-state index contributed by atoms with van der Waals surface area (Å²) in [6, 6.07) is 10.9. The number of para-hydroxylation sites is 1. The number of hydrogen-bond donors (Lipinski definition) is 0. The molecule has 0 spiro atoms. The van der Waals surface area contributed by atoms with Crippen molar-refractivity contribution in [2.45, 2.75) is 97.3 Å². The molecule has 4 rings (SSSR count). The highest BCUT2D eigenvalue weighted by molar-refractivity contribution is 5.94. The topological polar surface area (TPSA) is 61.7 Å². The minimum atomic E-state index is 0.157. The maximum atomic E-state index is 13.7. The molecule has 1 aromatic heterocycles. The van der Waals surface area contributed by atoms with Gasteiger partial charge in [-0.25, -0.2) is 0 Å². The monoisotopic (exact) mass is 507 g/mol. The van der Waals surface area contributed by atoms with Gasteiger partial charge in [0.1, 0.15) is 0 Å². The Morgan fingerprint density at radius 2 is 1.84 bits per heavy atom. The molecule has 2 aromatic rings. The lowest BCUT2D eigenvalue weighted by atomic mass is 9.92. The molecule has 7 nitrogen and oxygen atoms in total. The highest BCUT2D eigenvalue weighted by Crippen LogP contribution is 2.31. The molecular formula is C30H45N5O2. The summed E-state index contributed by atoms with van der Waals surface area (Å²) in [5.74, 6) is 0.992. The molecule has 0 saturated carbocycles. The molecule has 37 heavy (non-hydrogen) atoms. The van der Waals surface area contributed by atoms with Crippen LogP contribution < -0.4 is 4.90 Å². The van der Waals surface area contributed by atoms with Crippen LogP contribution in [0.2, 0.25) is 0 Å². The molecule has 0 N–H and O–H groups in total. The molecule has 0 aliphatic carbocycles. The van der Waals surface area contributed by atoms with Gasteiger partial charge in [0.2, 0.25) is 11.8 Å². The van der Waals surface area contributed by atoms with E-state index in [0.29, 0.717) is 37.4 Å². The molecule has 2 bridgehead atoms. The Kier molecular flexibility index (Phi) is 9.78. The zero-order chi connectivity index (χ0) is 26.2. The first-order chi connectivity index (χ1) is 18.0. The van der Waals surface area contributed by atoms with Gasteiger partial charge in [-0.3, -0.25) is 19.2 Å². The van der Waals surface area contributed by atoms with Crippen LogP contribution in [0.1, 0.15) is 77.7 Å². The lowest BCUT2D eigenvalue weighted by Crippen LogP contribution is -2.53. The number of rotatable bonds is 8. The molecule has 0 radical (unpaired) electrons. The van der Waals surface area contributed by atoms with Gasteiger partial charge in [-0.05, 0) is 62.3 Å². The van der Waals surface area contributed by atoms with Crippen molar-refractivity contribution in [3.63, 3.8) is 0 Å². The Bertz CT molecular complexity index is 1010. The molecule has 2 amide bonds. The first-order valence-electron chi connectivity index (χ1n) is 14.4. The Hall–Kier alpha value is -2.67. The van der Waals surface area contributed by atoms with E-state index in [0.717, 1.165) is 63.1 Å². The average molecular weight is 508 g/mol. The Morgan fingerprint density at radius 3 is 2.59 bits per heavy atom. The van der Waals surface area contributed by atoms with Gasteiger partial charge < -0.3 is 9.80 Å². The third kappa shape index (κ3) is 7.22. The summed E-state index contributed by atoms with van der Waals surface area (Å²) in [7, 11) is 0. The highest BCUT2D eigenvalue weighted by Gasteiger charge is 2.34. The van der Waals surface area contributed by atoms with Gasteiger partial charge in [-0.1, -0.05) is 45.4 Å². The van der Waals surface area contributed by atoms with E-state index in [2.05, 4.69) is 40.9 Å². The van der Waals surface area contributed by atoms with Crippen LogP contribution in [0.25, 0.3) is 0 Å². The Balaban J connectivity index is 1.62. The van der Waals surface area contributed by atoms with Gasteiger partial charge in [0.05, 0.1) is 0 Å². The number of fused-ring (bicyclic) bond motifs is 3. The number of carbonyl (C=O) groups is 2. The molecule has 3 heterocycles. The number of benzene rings is 1. The maximum Gasteiger partial charge on any atom is 0.226 e. The van der Waals surface area contributed by atoms with Crippen LogP contribution in [0.3, 0.4) is 0 Å². The summed E-state index contributed by atoms with van der Waals surface area (Å²) in [6.45, 7) is 10.4. The molecule has 2 atom stereocenters. The van der Waals surface area contributed by atoms with E-state index in [-0.39, 0.29) is 11.8 Å². The van der Waals surface area contributed by atoms with Crippen molar-refractivity contribution in [2.24, 2.45) is 5.92 Å². The SMILES string of the molecule is CCC(=O)N1CCC2CCCC(CN(C(=O)CCCn3cccn3)Cc3ccccc31)N2CCC(C)C. The minimum Gasteiger partial charge on any atom is -0.337 e. The standard InChI is InChI=1S/C30H45N5O2/c1-4-29(36)35-21-16-26-11-7-12-27(34(26)20-15-24(2)3)23-32(22-25-10-5-6-13-28(25)35)30(37)14-8-18-33-19-9-17-31-33/h5-6,9-10,13,17,19,24,26-27H,4,7-8,11-12,14-16,18,20-23H2,1-3H3. The number of piperidine rings is 1. The molecule has 1 saturated heterocycles. The summed E-state index contributed by atoms with van der Waals surface area (Å²) < 4.78 is 1.89. The van der Waals surface area contributed by atoms with Crippen LogP contribution >= 0.6 is 0 Å². The van der Waals surface area contributed by atoms with Crippen molar-refractivity contribution in [3.05, 3.63) is 48.3 Å². The van der Waals surface area contributed by atoms with Gasteiger partial charge in [0, 0.05) is 69.2 Å². The lowest BCUT2D eigenvalue weighted by molar-refractivity contribution is -0.133. The van der Waals surface area contributed by atoms with Crippen LogP contribution in [0, 0.1) is 5.92 Å². The van der Waals surface area contributed by atoms with E-state index in [9.17, 15) is 9.59 Å². The highest BCUT2D eigenvalue weighted by atomic mass is 16.2. The predicted molar refractivity (Wildman–Crippen MR) is 148 cm³/mol. The van der Waals surface area contributed by atoms with E-state index in [1.54, 1.807) is 6.20 Å². The van der Waals surface area contributed by atoms with Gasteiger partial charge in [0.25, 0.3) is 0 Å². The fraction of sp³-hybridized carbons (Fsp3) is 0.633. The summed E-state index contributed by atoms with van der Waals surface area (Å²) in [6.07, 6.45) is 11.1. The Labute approximate surface area is 222 Å². The number of aryl methyl sites for hydroxylation is 1. The zero-order valence-electron chi connectivity index (χ0n) is 23.0. The van der Waals surface area contributed by atoms with E-state index in [1.807, 2.05) is 40.9 Å². The normalized spacial score (nSPS) is 21.0. The van der Waals surface area contributed by atoms with Gasteiger partial charge in [-0.15, -0.1) is 0 Å². The number of nitrogens with zero attached hydrogens (tertiary/aromatic N) is 5. The van der Waals surface area contributed by atoms with Gasteiger partial charge >= 0.3 is 0 Å². The molecule has 1 aromatic carbocycles. The molecule has 2 unspecified atom stereocenters. The van der Waals surface area contributed by atoms with Crippen molar-refractivity contribution >= 4 is 17.5 Å². The van der Waals surface area contributed by atoms with E-state index in [1.165, 1.54) is 12.8 Å². The molecule has 2 aliphatic heterocycles. The number of aromatic nitrogens is 2. The first-order valence-corrected chi connectivity index (χ1v) is 14.4. The first kappa shape index (κ1) is 27.4. The lowest BCUT2D eigenvalue weighted by Gasteiger charge is -2.44. The van der Waals surface area contributed by atoms with Gasteiger partial charge in [0.15, 0.2) is 0 Å². The third-order valence-corrected chi connectivity index (χ3v) is 8.03. The summed E-state index contributed by atoms with van der Waals surface area (Å²) >= 11 is 0. The minimum absolute atomic E-state index is 0.157. The summed E-state index contributed by atoms with van der Waals surface area (Å²) in [5, 5.41) is 4.28. The van der Waals surface area contributed by atoms with Gasteiger partial charge in [-0.2, -0.15) is 5.10 Å². The van der Waals surface area contributed by atoms with Crippen LogP contribution in [-0.4, -0.2) is 63.1 Å². The summed E-state index contributed by atoms with van der Waals surface area (Å²) in [5.41, 5.74) is 2.03. The molecule has 2 aliphatic rings. The smallest absolute Gasteiger partial charge is 0.226 e. The van der Waals surface area contributed by atoms with Crippen molar-refractivity contribution < 1.29 is 9.59 Å². The zero-order valence-corrected chi connectivity index (χ0v) is 23.0. The van der Waals surface area contributed by atoms with Crippen molar-refractivity contribution in [2.75, 3.05) is 24.5 Å². The third-order valence-electron chi connectivity index (χ3n) is 8.03. The maximum absolute atomic E-state index is 13.7. The second-order valence-electron chi connectivity index (χ2n) is 11.1. The van der Waals surface area contributed by atoms with E-state index in [4.69, 9.17) is 0 Å². The van der Waals surface area contributed by atoms with Crippen molar-refractivity contribution in [1.82, 2.24) is 19.6 Å². The molecule has 7 heteroatoms. The van der Waals surface area contributed by atoms with Crippen LogP contribution in [0.5, 0.6) is 0 Å². The molecule has 1 fully saturated rings. The fourth-order valence-electron chi connectivity index (χ4n) is 5.95. The van der Waals surface area contributed by atoms with Crippen molar-refractivity contribution in [3.8, 4) is 0 Å². The number of anilines is 1. The quantitative estimate of drug-likeness (QED) is 0.498. The van der Waals surface area contributed by atoms with E-state index < -0.39 is 0 Å². The fourth-order valence-corrected chi connectivity index (χ4v) is 5.95. The average Bonchev–Trinajstić information content (AvgIpc) is 3.41. The number of carbonyl (C=O) groups excluding carboxylic acids is 2. The van der Waals surface area contributed by atoms with Crippen molar-refractivity contribution in [1.29, 1.82) is 0 Å². The van der Waals surface area contributed by atoms with Crippen LogP contribution in [0.4, 0.5) is 5.69 Å².